The maximum atomic E-state index is 13.7. The highest BCUT2D eigenvalue weighted by molar-refractivity contribution is 7.87. The molecule has 1 aromatic carbocycles. The van der Waals surface area contributed by atoms with Crippen LogP contribution in [0.2, 0.25) is 0 Å². The lowest BCUT2D eigenvalue weighted by Gasteiger charge is -2.29. The Labute approximate surface area is 124 Å². The van der Waals surface area contributed by atoms with E-state index in [2.05, 4.69) is 11.6 Å². The van der Waals surface area contributed by atoms with Crippen LogP contribution in [0.4, 0.5) is 4.39 Å². The maximum Gasteiger partial charge on any atom is 0.279 e. The molecule has 0 atom stereocenters. The molecule has 7 heteroatoms. The number of rotatable bonds is 4. The van der Waals surface area contributed by atoms with Crippen LogP contribution in [0.15, 0.2) is 18.2 Å². The maximum absolute atomic E-state index is 13.7. The van der Waals surface area contributed by atoms with Crippen LogP contribution in [0.5, 0.6) is 0 Å². The summed E-state index contributed by atoms with van der Waals surface area (Å²) in [5.41, 5.74) is 0.437. The molecule has 0 spiro atoms. The molecule has 5 nitrogen and oxygen atoms in total. The average Bonchev–Trinajstić information content (AvgIpc) is 2.46. The second-order valence-electron chi connectivity index (χ2n) is 5.33. The summed E-state index contributed by atoms with van der Waals surface area (Å²) in [6, 6.07) is 5.83. The lowest BCUT2D eigenvalue weighted by Crippen LogP contribution is -2.44. The number of hydrogen-bond donors (Lipinski definition) is 1. The molecule has 114 valence electrons. The highest BCUT2D eigenvalue weighted by atomic mass is 32.2. The lowest BCUT2D eigenvalue weighted by molar-refractivity contribution is 0.285. The molecule has 1 N–H and O–H groups in total. The van der Waals surface area contributed by atoms with Crippen molar-refractivity contribution < 1.29 is 12.8 Å². The molecule has 0 aliphatic carbocycles. The van der Waals surface area contributed by atoms with Gasteiger partial charge < -0.3 is 0 Å². The number of nitriles is 1. The quantitative estimate of drug-likeness (QED) is 0.921. The van der Waals surface area contributed by atoms with Crippen molar-refractivity contribution in [3.05, 3.63) is 35.1 Å². The van der Waals surface area contributed by atoms with Gasteiger partial charge in [0.25, 0.3) is 10.2 Å². The first-order valence-electron chi connectivity index (χ1n) is 6.85. The molecule has 0 radical (unpaired) electrons. The van der Waals surface area contributed by atoms with E-state index in [1.165, 1.54) is 16.4 Å². The summed E-state index contributed by atoms with van der Waals surface area (Å²) in [6.07, 6.45) is 1.68. The normalized spacial score (nSPS) is 17.6. The van der Waals surface area contributed by atoms with Gasteiger partial charge in [0.15, 0.2) is 0 Å². The third-order valence-corrected chi connectivity index (χ3v) is 5.26. The molecular weight excluding hydrogens is 293 g/mol. The summed E-state index contributed by atoms with van der Waals surface area (Å²) in [7, 11) is -3.59. The predicted molar refractivity (Wildman–Crippen MR) is 76.8 cm³/mol. The van der Waals surface area contributed by atoms with Crippen molar-refractivity contribution in [2.75, 3.05) is 13.1 Å². The van der Waals surface area contributed by atoms with E-state index in [4.69, 9.17) is 5.26 Å². The zero-order valence-corrected chi connectivity index (χ0v) is 12.7. The van der Waals surface area contributed by atoms with Gasteiger partial charge in [-0.3, -0.25) is 0 Å². The highest BCUT2D eigenvalue weighted by Gasteiger charge is 2.26. The minimum absolute atomic E-state index is 0.119. The third kappa shape index (κ3) is 4.00. The van der Waals surface area contributed by atoms with E-state index in [0.29, 0.717) is 19.0 Å². The fourth-order valence-electron chi connectivity index (χ4n) is 2.25. The van der Waals surface area contributed by atoms with Crippen LogP contribution in [-0.2, 0) is 16.8 Å². The number of halogens is 1. The molecule has 1 aromatic rings. The van der Waals surface area contributed by atoms with Crippen molar-refractivity contribution in [1.82, 2.24) is 9.03 Å². The Morgan fingerprint density at radius 2 is 2.10 bits per heavy atom. The van der Waals surface area contributed by atoms with E-state index in [1.807, 2.05) is 6.07 Å². The van der Waals surface area contributed by atoms with Crippen LogP contribution in [0.25, 0.3) is 0 Å². The standard InChI is InChI=1S/C14H18FN3O2S/c1-11-4-6-18(7-5-11)21(19,20)17-10-13-3-2-12(9-16)8-14(13)15/h2-3,8,11,17H,4-7,10H2,1H3. The van der Waals surface area contributed by atoms with Crippen LogP contribution < -0.4 is 4.72 Å². The Kier molecular flexibility index (Phi) is 4.93. The van der Waals surface area contributed by atoms with E-state index in [-0.39, 0.29) is 17.7 Å². The summed E-state index contributed by atoms with van der Waals surface area (Å²) < 4.78 is 41.8. The fourth-order valence-corrected chi connectivity index (χ4v) is 3.46. The van der Waals surface area contributed by atoms with Gasteiger partial charge in [-0.1, -0.05) is 13.0 Å². The van der Waals surface area contributed by atoms with Gasteiger partial charge >= 0.3 is 0 Å². The molecule has 2 rings (SSSR count). The zero-order valence-electron chi connectivity index (χ0n) is 11.8. The number of nitrogens with zero attached hydrogens (tertiary/aromatic N) is 2. The monoisotopic (exact) mass is 311 g/mol. The van der Waals surface area contributed by atoms with Crippen LogP contribution >= 0.6 is 0 Å². The molecule has 1 fully saturated rings. The van der Waals surface area contributed by atoms with Gasteiger partial charge in [-0.05, 0) is 30.9 Å². The second kappa shape index (κ2) is 6.52. The van der Waals surface area contributed by atoms with Crippen molar-refractivity contribution >= 4 is 10.2 Å². The number of piperidine rings is 1. The fraction of sp³-hybridized carbons (Fsp3) is 0.500. The number of hydrogen-bond acceptors (Lipinski definition) is 3. The topological polar surface area (TPSA) is 73.2 Å². The second-order valence-corrected chi connectivity index (χ2v) is 7.08. The smallest absolute Gasteiger partial charge is 0.207 e. The van der Waals surface area contributed by atoms with Gasteiger partial charge in [-0.25, -0.2) is 4.39 Å². The minimum atomic E-state index is -3.59. The van der Waals surface area contributed by atoms with Crippen molar-refractivity contribution in [1.29, 1.82) is 5.26 Å². The minimum Gasteiger partial charge on any atom is -0.207 e. The van der Waals surface area contributed by atoms with E-state index >= 15 is 0 Å². The summed E-state index contributed by atoms with van der Waals surface area (Å²) in [5, 5.41) is 8.67. The van der Waals surface area contributed by atoms with Gasteiger partial charge in [0.2, 0.25) is 0 Å². The van der Waals surface area contributed by atoms with Gasteiger partial charge in [0, 0.05) is 25.2 Å². The van der Waals surface area contributed by atoms with Crippen molar-refractivity contribution in [2.45, 2.75) is 26.3 Å². The molecule has 1 saturated heterocycles. The first-order chi connectivity index (χ1) is 9.92. The SMILES string of the molecule is CC1CCN(S(=O)(=O)NCc2ccc(C#N)cc2F)CC1. The predicted octanol–water partition coefficient (Wildman–Crippen LogP) is 1.76. The summed E-state index contributed by atoms with van der Waals surface area (Å²) >= 11 is 0. The van der Waals surface area contributed by atoms with Crippen LogP contribution in [-0.4, -0.2) is 25.8 Å². The van der Waals surface area contributed by atoms with E-state index < -0.39 is 16.0 Å². The summed E-state index contributed by atoms with van der Waals surface area (Å²) in [6.45, 7) is 2.97. The van der Waals surface area contributed by atoms with Gasteiger partial charge in [-0.2, -0.15) is 22.7 Å². The van der Waals surface area contributed by atoms with E-state index in [9.17, 15) is 12.8 Å². The molecule has 21 heavy (non-hydrogen) atoms. The van der Waals surface area contributed by atoms with E-state index in [0.717, 1.165) is 18.9 Å². The van der Waals surface area contributed by atoms with Gasteiger partial charge in [-0.15, -0.1) is 0 Å². The molecular formula is C14H18FN3O2S. The summed E-state index contributed by atoms with van der Waals surface area (Å²) in [4.78, 5) is 0. The third-order valence-electron chi connectivity index (χ3n) is 3.71. The molecule has 1 aliphatic heterocycles. The van der Waals surface area contributed by atoms with Crippen molar-refractivity contribution in [2.24, 2.45) is 5.92 Å². The Morgan fingerprint density at radius 1 is 1.43 bits per heavy atom. The number of benzene rings is 1. The Hall–Kier alpha value is -1.49. The molecule has 0 unspecified atom stereocenters. The Balaban J connectivity index is 2.00. The Morgan fingerprint density at radius 3 is 2.67 bits per heavy atom. The van der Waals surface area contributed by atoms with E-state index in [1.54, 1.807) is 0 Å². The molecule has 0 saturated carbocycles. The van der Waals surface area contributed by atoms with Crippen molar-refractivity contribution in [3.8, 4) is 6.07 Å². The largest absolute Gasteiger partial charge is 0.279 e. The molecule has 0 aromatic heterocycles. The first-order valence-corrected chi connectivity index (χ1v) is 8.29. The van der Waals surface area contributed by atoms with Crippen LogP contribution in [0.3, 0.4) is 0 Å². The summed E-state index contributed by atoms with van der Waals surface area (Å²) in [5.74, 6) is -0.0450. The van der Waals surface area contributed by atoms with Crippen LogP contribution in [0, 0.1) is 23.1 Å². The van der Waals surface area contributed by atoms with Gasteiger partial charge in [0.1, 0.15) is 5.82 Å². The highest BCUT2D eigenvalue weighted by Crippen LogP contribution is 2.18. The molecule has 0 bridgehead atoms. The number of nitrogens with one attached hydrogen (secondary N) is 1. The van der Waals surface area contributed by atoms with Crippen LogP contribution in [0.1, 0.15) is 30.9 Å². The van der Waals surface area contributed by atoms with Crippen molar-refractivity contribution in [3.63, 3.8) is 0 Å². The zero-order chi connectivity index (χ0) is 15.5. The molecule has 1 aliphatic rings. The lowest BCUT2D eigenvalue weighted by atomic mass is 10.0. The first kappa shape index (κ1) is 15.9. The molecule has 0 amide bonds. The Bertz CT molecular complexity index is 647. The molecule has 1 heterocycles. The average molecular weight is 311 g/mol. The van der Waals surface area contributed by atoms with Gasteiger partial charge in [0.05, 0.1) is 11.6 Å².